The van der Waals surface area contributed by atoms with Crippen molar-refractivity contribution < 1.29 is 28.0 Å². The summed E-state index contributed by atoms with van der Waals surface area (Å²) in [7, 11) is 8.23. The standard InChI is InChI=1S/C32H66N2O4/c1-7-9-11-13-15-17-19-21-23-27-37-31(35)29-33(3,4)25-26-34(5,6)30-32(36)38-28-24-22-20-18-16-14-12-10-8-2/h7-30H2,1-6H3/q+2. The molecule has 0 bridgehead atoms. The van der Waals surface area contributed by atoms with Crippen LogP contribution in [-0.2, 0) is 19.1 Å². The van der Waals surface area contributed by atoms with Gasteiger partial charge in [-0.15, -0.1) is 0 Å². The Morgan fingerprint density at radius 1 is 0.447 bits per heavy atom. The van der Waals surface area contributed by atoms with Gasteiger partial charge >= 0.3 is 11.9 Å². The van der Waals surface area contributed by atoms with E-state index in [4.69, 9.17) is 9.47 Å². The van der Waals surface area contributed by atoms with E-state index in [0.717, 1.165) is 38.8 Å². The number of nitrogens with zero attached hydrogens (tertiary/aromatic N) is 2. The fraction of sp³-hybridized carbons (Fsp3) is 0.938. The summed E-state index contributed by atoms with van der Waals surface area (Å²) in [4.78, 5) is 24.7. The zero-order valence-corrected chi connectivity index (χ0v) is 26.5. The molecular weight excluding hydrogens is 476 g/mol. The Bertz CT molecular complexity index is 528. The van der Waals surface area contributed by atoms with Crippen molar-refractivity contribution >= 4 is 11.9 Å². The molecule has 6 heteroatoms. The van der Waals surface area contributed by atoms with E-state index in [1.165, 1.54) is 89.9 Å². The summed E-state index contributed by atoms with van der Waals surface area (Å²) in [5.41, 5.74) is 0. The molecule has 0 spiro atoms. The minimum Gasteiger partial charge on any atom is -0.462 e. The Kier molecular flexibility index (Phi) is 23.0. The van der Waals surface area contributed by atoms with Crippen LogP contribution in [0.5, 0.6) is 0 Å². The normalized spacial score (nSPS) is 12.1. The van der Waals surface area contributed by atoms with Crippen molar-refractivity contribution in [1.82, 2.24) is 0 Å². The fourth-order valence-corrected chi connectivity index (χ4v) is 4.69. The SMILES string of the molecule is CCCCCCCCCCCOC(=O)C[N+](C)(C)CC[N+](C)(C)CC(=O)OCCCCCCCCCCC. The minimum atomic E-state index is -0.125. The van der Waals surface area contributed by atoms with Gasteiger partial charge in [-0.25, -0.2) is 9.59 Å². The predicted molar refractivity (Wildman–Crippen MR) is 160 cm³/mol. The third-order valence-electron chi connectivity index (χ3n) is 7.45. The lowest BCUT2D eigenvalue weighted by Gasteiger charge is -2.34. The van der Waals surface area contributed by atoms with Crippen LogP contribution in [-0.4, -0.2) is 88.5 Å². The first kappa shape index (κ1) is 36.9. The summed E-state index contributed by atoms with van der Waals surface area (Å²) in [6, 6.07) is 0. The van der Waals surface area contributed by atoms with Crippen molar-refractivity contribution in [2.75, 3.05) is 67.6 Å². The molecule has 0 heterocycles. The molecule has 0 fully saturated rings. The third-order valence-corrected chi connectivity index (χ3v) is 7.45. The van der Waals surface area contributed by atoms with Crippen molar-refractivity contribution in [3.05, 3.63) is 0 Å². The summed E-state index contributed by atoms with van der Waals surface area (Å²) in [6.45, 7) is 7.88. The van der Waals surface area contributed by atoms with Gasteiger partial charge in [0.15, 0.2) is 13.1 Å². The third kappa shape index (κ3) is 25.2. The van der Waals surface area contributed by atoms with Crippen LogP contribution in [0.25, 0.3) is 0 Å². The smallest absolute Gasteiger partial charge is 0.361 e. The van der Waals surface area contributed by atoms with Crippen LogP contribution in [0.1, 0.15) is 129 Å². The average Bonchev–Trinajstić information content (AvgIpc) is 2.84. The molecule has 0 unspecified atom stereocenters. The van der Waals surface area contributed by atoms with Crippen molar-refractivity contribution in [2.24, 2.45) is 0 Å². The second-order valence-electron chi connectivity index (χ2n) is 12.7. The van der Waals surface area contributed by atoms with Gasteiger partial charge in [-0.2, -0.15) is 0 Å². The molecule has 0 aliphatic carbocycles. The van der Waals surface area contributed by atoms with Crippen LogP contribution < -0.4 is 0 Å². The van der Waals surface area contributed by atoms with E-state index in [0.29, 0.717) is 35.3 Å². The van der Waals surface area contributed by atoms with Crippen molar-refractivity contribution in [3.63, 3.8) is 0 Å². The van der Waals surface area contributed by atoms with Crippen LogP contribution in [0.15, 0.2) is 0 Å². The van der Waals surface area contributed by atoms with E-state index in [1.54, 1.807) is 0 Å². The van der Waals surface area contributed by atoms with Crippen LogP contribution in [0.3, 0.4) is 0 Å². The van der Waals surface area contributed by atoms with E-state index in [1.807, 2.05) is 0 Å². The predicted octanol–water partition coefficient (Wildman–Crippen LogP) is 7.29. The first-order chi connectivity index (χ1) is 18.1. The van der Waals surface area contributed by atoms with Crippen molar-refractivity contribution in [1.29, 1.82) is 0 Å². The number of hydrogen-bond acceptors (Lipinski definition) is 4. The molecule has 0 aliphatic heterocycles. The average molecular weight is 543 g/mol. The largest absolute Gasteiger partial charge is 0.462 e. The highest BCUT2D eigenvalue weighted by atomic mass is 16.5. The van der Waals surface area contributed by atoms with Gasteiger partial charge < -0.3 is 18.4 Å². The van der Waals surface area contributed by atoms with Gasteiger partial charge in [0, 0.05) is 0 Å². The minimum absolute atomic E-state index is 0.125. The van der Waals surface area contributed by atoms with Gasteiger partial charge in [-0.1, -0.05) is 117 Å². The molecular formula is C32H66N2O4+2. The summed E-state index contributed by atoms with van der Waals surface area (Å²) in [5, 5.41) is 0. The lowest BCUT2D eigenvalue weighted by atomic mass is 10.1. The lowest BCUT2D eigenvalue weighted by Crippen LogP contribution is -2.54. The zero-order chi connectivity index (χ0) is 28.5. The van der Waals surface area contributed by atoms with Gasteiger partial charge in [0.05, 0.1) is 41.4 Å². The molecule has 0 aliphatic rings. The number of carbonyl (C=O) groups is 2. The molecule has 0 N–H and O–H groups in total. The van der Waals surface area contributed by atoms with Crippen LogP contribution in [0.2, 0.25) is 0 Å². The number of esters is 2. The van der Waals surface area contributed by atoms with Crippen molar-refractivity contribution in [3.8, 4) is 0 Å². The number of likely N-dealkylation sites (N-methyl/N-ethyl adjacent to an activating group) is 2. The monoisotopic (exact) mass is 543 g/mol. The molecule has 0 aromatic carbocycles. The van der Waals surface area contributed by atoms with Crippen LogP contribution in [0.4, 0.5) is 0 Å². The van der Waals surface area contributed by atoms with Gasteiger partial charge in [-0.3, -0.25) is 0 Å². The van der Waals surface area contributed by atoms with Crippen LogP contribution >= 0.6 is 0 Å². The highest BCUT2D eigenvalue weighted by molar-refractivity contribution is 5.70. The van der Waals surface area contributed by atoms with Crippen molar-refractivity contribution in [2.45, 2.75) is 129 Å². The maximum atomic E-state index is 12.4. The Hall–Kier alpha value is -1.14. The lowest BCUT2D eigenvalue weighted by molar-refractivity contribution is -0.939. The van der Waals surface area contributed by atoms with E-state index in [-0.39, 0.29) is 11.9 Å². The highest BCUT2D eigenvalue weighted by Gasteiger charge is 2.28. The molecule has 0 saturated heterocycles. The Balaban J connectivity index is 3.88. The summed E-state index contributed by atoms with van der Waals surface area (Å²) < 4.78 is 12.1. The van der Waals surface area contributed by atoms with Crippen LogP contribution in [0, 0.1) is 0 Å². The fourth-order valence-electron chi connectivity index (χ4n) is 4.69. The topological polar surface area (TPSA) is 52.6 Å². The summed E-state index contributed by atoms with van der Waals surface area (Å²) in [5.74, 6) is -0.250. The van der Waals surface area contributed by atoms with Gasteiger partial charge in [0.2, 0.25) is 0 Å². The summed E-state index contributed by atoms with van der Waals surface area (Å²) in [6.07, 6.45) is 22.7. The van der Waals surface area contributed by atoms with Gasteiger partial charge in [-0.05, 0) is 12.8 Å². The number of quaternary nitrogens is 2. The highest BCUT2D eigenvalue weighted by Crippen LogP contribution is 2.11. The number of unbranched alkanes of at least 4 members (excludes halogenated alkanes) is 16. The zero-order valence-electron chi connectivity index (χ0n) is 26.5. The molecule has 0 radical (unpaired) electrons. The maximum absolute atomic E-state index is 12.4. The van der Waals surface area contributed by atoms with E-state index in [9.17, 15) is 9.59 Å². The Morgan fingerprint density at radius 2 is 0.711 bits per heavy atom. The molecule has 0 amide bonds. The van der Waals surface area contributed by atoms with E-state index < -0.39 is 0 Å². The Morgan fingerprint density at radius 3 is 1.00 bits per heavy atom. The second-order valence-corrected chi connectivity index (χ2v) is 12.7. The first-order valence-corrected chi connectivity index (χ1v) is 16.1. The molecule has 226 valence electrons. The molecule has 38 heavy (non-hydrogen) atoms. The van der Waals surface area contributed by atoms with E-state index >= 15 is 0 Å². The summed E-state index contributed by atoms with van der Waals surface area (Å²) >= 11 is 0. The van der Waals surface area contributed by atoms with E-state index in [2.05, 4.69) is 42.0 Å². The number of rotatable bonds is 27. The molecule has 6 nitrogen and oxygen atoms in total. The molecule has 0 aromatic heterocycles. The first-order valence-electron chi connectivity index (χ1n) is 16.1. The molecule has 0 atom stereocenters. The van der Waals surface area contributed by atoms with Gasteiger partial charge in [0.25, 0.3) is 0 Å². The molecule has 0 rings (SSSR count). The van der Waals surface area contributed by atoms with Gasteiger partial charge in [0.1, 0.15) is 13.1 Å². The Labute approximate surface area is 237 Å². The maximum Gasteiger partial charge on any atom is 0.361 e. The number of carbonyl (C=O) groups excluding carboxylic acids is 2. The quantitative estimate of drug-likeness (QED) is 0.0621. The second kappa shape index (κ2) is 23.7. The molecule has 0 saturated carbocycles. The number of ether oxygens (including phenoxy) is 2. The number of hydrogen-bond donors (Lipinski definition) is 0. The molecule has 0 aromatic rings.